The highest BCUT2D eigenvalue weighted by atomic mass is 16.5. The van der Waals surface area contributed by atoms with Crippen LogP contribution in [0.5, 0.6) is 5.75 Å². The molecule has 0 aliphatic carbocycles. The van der Waals surface area contributed by atoms with Crippen LogP contribution >= 0.6 is 0 Å². The van der Waals surface area contributed by atoms with Crippen molar-refractivity contribution < 1.29 is 19.7 Å². The van der Waals surface area contributed by atoms with Gasteiger partial charge in [0.2, 0.25) is 0 Å². The van der Waals surface area contributed by atoms with Gasteiger partial charge in [-0.3, -0.25) is 4.79 Å². The zero-order valence-electron chi connectivity index (χ0n) is 11.0. The van der Waals surface area contributed by atoms with Crippen LogP contribution in [0.15, 0.2) is 18.2 Å². The van der Waals surface area contributed by atoms with E-state index < -0.39 is 5.60 Å². The van der Waals surface area contributed by atoms with Gasteiger partial charge in [-0.25, -0.2) is 0 Å². The van der Waals surface area contributed by atoms with Gasteiger partial charge in [-0.15, -0.1) is 0 Å². The van der Waals surface area contributed by atoms with Crippen LogP contribution in [-0.2, 0) is 4.74 Å². The maximum absolute atomic E-state index is 12.0. The monoisotopic (exact) mass is 265 g/mol. The maximum Gasteiger partial charge on any atom is 0.251 e. The predicted octanol–water partition coefficient (Wildman–Crippen LogP) is 0.972. The fourth-order valence-electron chi connectivity index (χ4n) is 2.17. The second-order valence-corrected chi connectivity index (χ2v) is 5.02. The quantitative estimate of drug-likeness (QED) is 0.761. The van der Waals surface area contributed by atoms with Crippen molar-refractivity contribution in [2.45, 2.75) is 25.4 Å². The van der Waals surface area contributed by atoms with E-state index in [1.807, 2.05) is 0 Å². The number of phenols is 1. The number of aliphatic hydroxyl groups is 1. The first-order valence-electron chi connectivity index (χ1n) is 6.38. The van der Waals surface area contributed by atoms with Crippen molar-refractivity contribution in [3.63, 3.8) is 0 Å². The average molecular weight is 265 g/mol. The fraction of sp³-hybridized carbons (Fsp3) is 0.500. The number of aryl methyl sites for hydroxylation is 1. The van der Waals surface area contributed by atoms with Gasteiger partial charge in [0.25, 0.3) is 5.91 Å². The van der Waals surface area contributed by atoms with E-state index in [-0.39, 0.29) is 18.2 Å². The van der Waals surface area contributed by atoms with E-state index in [1.54, 1.807) is 13.0 Å². The molecule has 1 saturated heterocycles. The minimum Gasteiger partial charge on any atom is -0.508 e. The van der Waals surface area contributed by atoms with Crippen molar-refractivity contribution in [1.82, 2.24) is 5.32 Å². The maximum atomic E-state index is 12.0. The highest BCUT2D eigenvalue weighted by molar-refractivity contribution is 5.95. The Balaban J connectivity index is 1.97. The van der Waals surface area contributed by atoms with E-state index in [2.05, 4.69) is 5.32 Å². The molecule has 104 valence electrons. The lowest BCUT2D eigenvalue weighted by Crippen LogP contribution is -2.46. The minimum absolute atomic E-state index is 0.136. The third-order valence-electron chi connectivity index (χ3n) is 3.46. The number of nitrogens with one attached hydrogen (secondary N) is 1. The van der Waals surface area contributed by atoms with Crippen molar-refractivity contribution in [2.75, 3.05) is 19.8 Å². The zero-order valence-corrected chi connectivity index (χ0v) is 11.0. The summed E-state index contributed by atoms with van der Waals surface area (Å²) in [4.78, 5) is 12.0. The van der Waals surface area contributed by atoms with Gasteiger partial charge in [-0.2, -0.15) is 0 Å². The summed E-state index contributed by atoms with van der Waals surface area (Å²) in [6, 6.07) is 4.59. The van der Waals surface area contributed by atoms with E-state index >= 15 is 0 Å². The molecule has 0 saturated carbocycles. The molecule has 19 heavy (non-hydrogen) atoms. The number of amides is 1. The Labute approximate surface area is 112 Å². The summed E-state index contributed by atoms with van der Waals surface area (Å²) in [7, 11) is 0. The molecule has 1 amide bonds. The Hall–Kier alpha value is -1.59. The number of hydrogen-bond donors (Lipinski definition) is 3. The Bertz CT molecular complexity index is 467. The van der Waals surface area contributed by atoms with Gasteiger partial charge in [0, 0.05) is 38.2 Å². The molecule has 1 aliphatic heterocycles. The first-order valence-corrected chi connectivity index (χ1v) is 6.38. The molecule has 0 spiro atoms. The van der Waals surface area contributed by atoms with Gasteiger partial charge in [-0.05, 0) is 30.7 Å². The van der Waals surface area contributed by atoms with Crippen molar-refractivity contribution in [3.05, 3.63) is 29.3 Å². The molecule has 2 rings (SSSR count). The van der Waals surface area contributed by atoms with E-state index in [4.69, 9.17) is 4.74 Å². The Morgan fingerprint density at radius 3 is 2.74 bits per heavy atom. The molecule has 3 N–H and O–H groups in total. The Kier molecular flexibility index (Phi) is 4.07. The molecule has 0 bridgehead atoms. The van der Waals surface area contributed by atoms with Crippen LogP contribution in [0.1, 0.15) is 28.8 Å². The van der Waals surface area contributed by atoms with E-state index in [9.17, 15) is 15.0 Å². The number of benzene rings is 1. The summed E-state index contributed by atoms with van der Waals surface area (Å²) in [5.74, 6) is -0.102. The van der Waals surface area contributed by atoms with Crippen LogP contribution in [0.2, 0.25) is 0 Å². The summed E-state index contributed by atoms with van der Waals surface area (Å²) in [6.45, 7) is 3.02. The van der Waals surface area contributed by atoms with Crippen molar-refractivity contribution >= 4 is 5.91 Å². The number of hydrogen-bond acceptors (Lipinski definition) is 4. The first kappa shape index (κ1) is 13.8. The second kappa shape index (κ2) is 5.59. The van der Waals surface area contributed by atoms with Crippen LogP contribution in [0, 0.1) is 6.92 Å². The number of carbonyl (C=O) groups excluding carboxylic acids is 1. The van der Waals surface area contributed by atoms with E-state index in [0.717, 1.165) is 0 Å². The van der Waals surface area contributed by atoms with Crippen LogP contribution in [0.4, 0.5) is 0 Å². The van der Waals surface area contributed by atoms with Crippen molar-refractivity contribution in [1.29, 1.82) is 0 Å². The van der Waals surface area contributed by atoms with Crippen LogP contribution in [0.25, 0.3) is 0 Å². The highest BCUT2D eigenvalue weighted by Crippen LogP contribution is 2.20. The average Bonchev–Trinajstić information content (AvgIpc) is 2.37. The summed E-state index contributed by atoms with van der Waals surface area (Å²) >= 11 is 0. The number of ether oxygens (including phenoxy) is 1. The molecule has 5 heteroatoms. The Morgan fingerprint density at radius 1 is 1.42 bits per heavy atom. The highest BCUT2D eigenvalue weighted by Gasteiger charge is 2.30. The number of aromatic hydroxyl groups is 1. The molecule has 0 radical (unpaired) electrons. The zero-order chi connectivity index (χ0) is 13.9. The molecule has 0 aromatic heterocycles. The van der Waals surface area contributed by atoms with Crippen LogP contribution in [0.3, 0.4) is 0 Å². The first-order chi connectivity index (χ1) is 9.00. The van der Waals surface area contributed by atoms with Gasteiger partial charge < -0.3 is 20.3 Å². The summed E-state index contributed by atoms with van der Waals surface area (Å²) < 4.78 is 5.19. The SMILES string of the molecule is Cc1cc(O)ccc1C(=O)NCC1(O)CCOCC1. The molecule has 5 nitrogen and oxygen atoms in total. The fourth-order valence-corrected chi connectivity index (χ4v) is 2.17. The van der Waals surface area contributed by atoms with Crippen molar-refractivity contribution in [3.8, 4) is 5.75 Å². The topological polar surface area (TPSA) is 78.8 Å². The van der Waals surface area contributed by atoms with Gasteiger partial charge in [0.15, 0.2) is 0 Å². The number of rotatable bonds is 3. The standard InChI is InChI=1S/C14H19NO4/c1-10-8-11(16)2-3-12(10)13(17)15-9-14(18)4-6-19-7-5-14/h2-3,8,16,18H,4-7,9H2,1H3,(H,15,17). The summed E-state index contributed by atoms with van der Waals surface area (Å²) in [5.41, 5.74) is 0.337. The number of phenolic OH excluding ortho intramolecular Hbond substituents is 1. The molecule has 0 unspecified atom stereocenters. The number of carbonyl (C=O) groups is 1. The third-order valence-corrected chi connectivity index (χ3v) is 3.46. The lowest BCUT2D eigenvalue weighted by atomic mass is 9.94. The van der Waals surface area contributed by atoms with E-state index in [0.29, 0.717) is 37.2 Å². The van der Waals surface area contributed by atoms with Gasteiger partial charge >= 0.3 is 0 Å². The molecule has 1 aliphatic rings. The summed E-state index contributed by atoms with van der Waals surface area (Å²) in [5, 5.41) is 22.3. The smallest absolute Gasteiger partial charge is 0.251 e. The lowest BCUT2D eigenvalue weighted by Gasteiger charge is -2.32. The minimum atomic E-state index is -0.876. The second-order valence-electron chi connectivity index (χ2n) is 5.02. The molecule has 1 fully saturated rings. The van der Waals surface area contributed by atoms with Crippen molar-refractivity contribution in [2.24, 2.45) is 0 Å². The Morgan fingerprint density at radius 2 is 2.11 bits per heavy atom. The molecular weight excluding hydrogens is 246 g/mol. The van der Waals surface area contributed by atoms with E-state index in [1.165, 1.54) is 12.1 Å². The van der Waals surface area contributed by atoms with Crippen LogP contribution in [-0.4, -0.2) is 41.5 Å². The van der Waals surface area contributed by atoms with Gasteiger partial charge in [0.1, 0.15) is 5.75 Å². The summed E-state index contributed by atoms with van der Waals surface area (Å²) in [6.07, 6.45) is 1.06. The normalized spacial score (nSPS) is 18.0. The third kappa shape index (κ3) is 3.45. The molecule has 1 heterocycles. The molecule has 1 aromatic carbocycles. The molecule has 1 aromatic rings. The van der Waals surface area contributed by atoms with Gasteiger partial charge in [-0.1, -0.05) is 0 Å². The predicted molar refractivity (Wildman–Crippen MR) is 70.2 cm³/mol. The van der Waals surface area contributed by atoms with Crippen LogP contribution < -0.4 is 5.32 Å². The molecule has 0 atom stereocenters. The van der Waals surface area contributed by atoms with Gasteiger partial charge in [0.05, 0.1) is 5.60 Å². The largest absolute Gasteiger partial charge is 0.508 e. The lowest BCUT2D eigenvalue weighted by molar-refractivity contribution is -0.0605. The molecular formula is C14H19NO4.